The van der Waals surface area contributed by atoms with E-state index in [1.165, 1.54) is 11.8 Å². The molecule has 0 spiro atoms. The van der Waals surface area contributed by atoms with Crippen molar-refractivity contribution in [3.63, 3.8) is 0 Å². The Kier molecular flexibility index (Phi) is 6.17. The highest BCUT2D eigenvalue weighted by Gasteiger charge is 2.22. The first-order chi connectivity index (χ1) is 15.8. The fraction of sp³-hybridized carbons (Fsp3) is 0.304. The third-order valence-corrected chi connectivity index (χ3v) is 6.25. The van der Waals surface area contributed by atoms with E-state index in [0.717, 1.165) is 47.3 Å². The molecule has 5 rings (SSSR count). The van der Waals surface area contributed by atoms with E-state index in [1.807, 2.05) is 54.6 Å². The van der Waals surface area contributed by atoms with Crippen molar-refractivity contribution in [1.82, 2.24) is 24.9 Å². The molecule has 1 aliphatic heterocycles. The van der Waals surface area contributed by atoms with Gasteiger partial charge < -0.3 is 14.0 Å². The molecule has 2 aromatic heterocycles. The minimum absolute atomic E-state index is 0.162. The van der Waals surface area contributed by atoms with E-state index in [1.54, 1.807) is 7.11 Å². The zero-order valence-electron chi connectivity index (χ0n) is 17.7. The lowest BCUT2D eigenvalue weighted by atomic mass is 10.2. The number of ether oxygens (including phenoxy) is 2. The van der Waals surface area contributed by atoms with Crippen LogP contribution >= 0.6 is 11.8 Å². The van der Waals surface area contributed by atoms with E-state index in [0.29, 0.717) is 24.0 Å². The van der Waals surface area contributed by atoms with Gasteiger partial charge in [0.15, 0.2) is 11.0 Å². The Labute approximate surface area is 190 Å². The van der Waals surface area contributed by atoms with Gasteiger partial charge in [0.05, 0.1) is 25.5 Å². The van der Waals surface area contributed by atoms with E-state index in [2.05, 4.69) is 24.9 Å². The van der Waals surface area contributed by atoms with Gasteiger partial charge in [0.1, 0.15) is 5.75 Å². The number of nitrogens with zero attached hydrogens (tertiary/aromatic N) is 5. The lowest BCUT2D eigenvalue weighted by molar-refractivity contribution is 0.0953. The number of hydrogen-bond donors (Lipinski definition) is 0. The van der Waals surface area contributed by atoms with Crippen LogP contribution in [0.15, 0.2) is 64.3 Å². The van der Waals surface area contributed by atoms with Gasteiger partial charge in [0.25, 0.3) is 0 Å². The lowest BCUT2D eigenvalue weighted by Gasteiger charge is -2.14. The number of benzene rings is 2. The van der Waals surface area contributed by atoms with Gasteiger partial charge in [-0.25, -0.2) is 0 Å². The highest BCUT2D eigenvalue weighted by atomic mass is 32.2. The average Bonchev–Trinajstić information content (AvgIpc) is 3.61. The molecule has 1 fully saturated rings. The van der Waals surface area contributed by atoms with Gasteiger partial charge in [-0.2, -0.15) is 4.98 Å². The van der Waals surface area contributed by atoms with Gasteiger partial charge in [-0.05, 0) is 37.1 Å². The Hall–Kier alpha value is -3.17. The molecule has 1 atom stereocenters. The number of hydrogen-bond acceptors (Lipinski definition) is 8. The Morgan fingerprint density at radius 2 is 1.91 bits per heavy atom. The van der Waals surface area contributed by atoms with Gasteiger partial charge >= 0.3 is 0 Å². The molecule has 0 radical (unpaired) electrons. The van der Waals surface area contributed by atoms with Crippen LogP contribution in [-0.4, -0.2) is 44.7 Å². The van der Waals surface area contributed by atoms with Gasteiger partial charge in [0.2, 0.25) is 11.7 Å². The molecule has 2 aromatic carbocycles. The maximum absolute atomic E-state index is 5.88. The highest BCUT2D eigenvalue weighted by molar-refractivity contribution is 7.98. The summed E-state index contributed by atoms with van der Waals surface area (Å²) in [5.41, 5.74) is 1.91. The summed E-state index contributed by atoms with van der Waals surface area (Å²) in [5, 5.41) is 13.8. The number of thioether (sulfide) groups is 1. The molecule has 0 bridgehead atoms. The molecule has 1 saturated heterocycles. The van der Waals surface area contributed by atoms with Crippen LogP contribution in [0.5, 0.6) is 5.75 Å². The van der Waals surface area contributed by atoms with Gasteiger partial charge in [-0.15, -0.1) is 10.2 Å². The van der Waals surface area contributed by atoms with Gasteiger partial charge in [-0.1, -0.05) is 47.3 Å². The van der Waals surface area contributed by atoms with Crippen molar-refractivity contribution in [2.45, 2.75) is 36.4 Å². The number of methoxy groups -OCH3 is 1. The normalized spacial score (nSPS) is 15.8. The third-order valence-electron chi connectivity index (χ3n) is 5.30. The molecule has 0 amide bonds. The Balaban J connectivity index is 1.37. The van der Waals surface area contributed by atoms with Crippen molar-refractivity contribution in [2.75, 3.05) is 13.7 Å². The molecule has 0 aliphatic carbocycles. The third kappa shape index (κ3) is 4.53. The molecular weight excluding hydrogens is 426 g/mol. The molecule has 0 N–H and O–H groups in total. The standard InChI is InChI=1S/C23H23N5O3S/c1-29-18-11-9-17(10-12-18)22-25-26-23(28(22)14-19-8-5-13-30-19)32-15-20-24-21(27-31-20)16-6-3-2-4-7-16/h2-4,6-7,9-12,19H,5,8,13-15H2,1H3. The summed E-state index contributed by atoms with van der Waals surface area (Å²) < 4.78 is 18.7. The SMILES string of the molecule is COc1ccc(-c2nnc(SCc3nc(-c4ccccc4)no3)n2CC2CCCO2)cc1. The predicted molar refractivity (Wildman–Crippen MR) is 120 cm³/mol. The first-order valence-electron chi connectivity index (χ1n) is 10.5. The van der Waals surface area contributed by atoms with Crippen LogP contribution in [-0.2, 0) is 17.0 Å². The van der Waals surface area contributed by atoms with Crippen LogP contribution < -0.4 is 4.74 Å². The van der Waals surface area contributed by atoms with Crippen LogP contribution in [0.25, 0.3) is 22.8 Å². The van der Waals surface area contributed by atoms with Crippen LogP contribution in [0.4, 0.5) is 0 Å². The fourth-order valence-corrected chi connectivity index (χ4v) is 4.44. The van der Waals surface area contributed by atoms with Crippen molar-refractivity contribution < 1.29 is 14.0 Å². The molecule has 164 valence electrons. The molecule has 3 heterocycles. The Morgan fingerprint density at radius 3 is 2.66 bits per heavy atom. The van der Waals surface area contributed by atoms with E-state index in [-0.39, 0.29) is 6.10 Å². The lowest BCUT2D eigenvalue weighted by Crippen LogP contribution is -2.16. The summed E-state index contributed by atoms with van der Waals surface area (Å²) in [5.74, 6) is 3.25. The van der Waals surface area contributed by atoms with Crippen LogP contribution in [0, 0.1) is 0 Å². The van der Waals surface area contributed by atoms with E-state index in [4.69, 9.17) is 14.0 Å². The van der Waals surface area contributed by atoms with Crippen LogP contribution in [0.3, 0.4) is 0 Å². The van der Waals surface area contributed by atoms with Crippen LogP contribution in [0.1, 0.15) is 18.7 Å². The molecule has 32 heavy (non-hydrogen) atoms. The van der Waals surface area contributed by atoms with Gasteiger partial charge in [0, 0.05) is 17.7 Å². The molecule has 1 aliphatic rings. The smallest absolute Gasteiger partial charge is 0.237 e. The molecule has 9 heteroatoms. The molecular formula is C23H23N5O3S. The zero-order valence-corrected chi connectivity index (χ0v) is 18.5. The maximum atomic E-state index is 5.88. The van der Waals surface area contributed by atoms with Crippen molar-refractivity contribution in [3.05, 3.63) is 60.5 Å². The summed E-state index contributed by atoms with van der Waals surface area (Å²) in [4.78, 5) is 4.52. The average molecular weight is 450 g/mol. The quantitative estimate of drug-likeness (QED) is 0.364. The summed E-state index contributed by atoms with van der Waals surface area (Å²) in [7, 11) is 1.66. The van der Waals surface area contributed by atoms with E-state index >= 15 is 0 Å². The zero-order chi connectivity index (χ0) is 21.8. The van der Waals surface area contributed by atoms with Gasteiger partial charge in [-0.3, -0.25) is 4.57 Å². The second-order valence-electron chi connectivity index (χ2n) is 7.45. The minimum Gasteiger partial charge on any atom is -0.497 e. The topological polar surface area (TPSA) is 88.1 Å². The molecule has 0 saturated carbocycles. The summed E-state index contributed by atoms with van der Waals surface area (Å²) in [6, 6.07) is 17.6. The second-order valence-corrected chi connectivity index (χ2v) is 8.39. The number of aromatic nitrogens is 5. The van der Waals surface area contributed by atoms with Crippen molar-refractivity contribution in [3.8, 4) is 28.5 Å². The van der Waals surface area contributed by atoms with E-state index < -0.39 is 0 Å². The first-order valence-corrected chi connectivity index (χ1v) is 11.5. The monoisotopic (exact) mass is 449 g/mol. The summed E-state index contributed by atoms with van der Waals surface area (Å²) in [6.45, 7) is 1.51. The predicted octanol–water partition coefficient (Wildman–Crippen LogP) is 4.48. The first kappa shape index (κ1) is 20.7. The summed E-state index contributed by atoms with van der Waals surface area (Å²) >= 11 is 1.53. The van der Waals surface area contributed by atoms with Crippen molar-refractivity contribution in [1.29, 1.82) is 0 Å². The number of rotatable bonds is 8. The second kappa shape index (κ2) is 9.54. The Morgan fingerprint density at radius 1 is 1.06 bits per heavy atom. The molecule has 1 unspecified atom stereocenters. The van der Waals surface area contributed by atoms with Crippen LogP contribution in [0.2, 0.25) is 0 Å². The minimum atomic E-state index is 0.162. The van der Waals surface area contributed by atoms with Crippen molar-refractivity contribution in [2.24, 2.45) is 0 Å². The fourth-order valence-electron chi connectivity index (χ4n) is 3.65. The molecule has 8 nitrogen and oxygen atoms in total. The molecule has 4 aromatic rings. The Bertz CT molecular complexity index is 1150. The van der Waals surface area contributed by atoms with E-state index in [9.17, 15) is 0 Å². The largest absolute Gasteiger partial charge is 0.497 e. The highest BCUT2D eigenvalue weighted by Crippen LogP contribution is 2.29. The summed E-state index contributed by atoms with van der Waals surface area (Å²) in [6.07, 6.45) is 2.28. The maximum Gasteiger partial charge on any atom is 0.237 e. The van der Waals surface area contributed by atoms with Crippen molar-refractivity contribution >= 4 is 11.8 Å².